The van der Waals surface area contributed by atoms with Crippen LogP contribution in [0.1, 0.15) is 5.56 Å². The van der Waals surface area contributed by atoms with Crippen molar-refractivity contribution in [2.45, 2.75) is 6.54 Å². The first-order chi connectivity index (χ1) is 11.2. The molecule has 24 heavy (non-hydrogen) atoms. The van der Waals surface area contributed by atoms with Gasteiger partial charge in [-0.25, -0.2) is 8.42 Å². The molecule has 0 heterocycles. The van der Waals surface area contributed by atoms with E-state index in [1.165, 1.54) is 0 Å². The molecule has 1 N–H and O–H groups in total. The summed E-state index contributed by atoms with van der Waals surface area (Å²) in [6, 6.07) is 14.1. The number of rotatable bonds is 6. The molecule has 2 aromatic rings. The minimum Gasteiger partial charge on any atom is -0.325 e. The highest BCUT2D eigenvalue weighted by atomic mass is 127. The van der Waals surface area contributed by atoms with Crippen molar-refractivity contribution in [1.29, 1.82) is 0 Å². The van der Waals surface area contributed by atoms with Crippen molar-refractivity contribution in [3.8, 4) is 0 Å². The summed E-state index contributed by atoms with van der Waals surface area (Å²) in [5, 5.41) is 3.27. The van der Waals surface area contributed by atoms with Crippen LogP contribution in [0.15, 0.2) is 48.5 Å². The number of anilines is 1. The van der Waals surface area contributed by atoms with Crippen molar-refractivity contribution >= 4 is 55.8 Å². The Bertz CT molecular complexity index is 808. The highest BCUT2D eigenvalue weighted by molar-refractivity contribution is 14.1. The molecule has 0 aromatic heterocycles. The maximum Gasteiger partial charge on any atom is 0.239 e. The molecule has 2 aromatic carbocycles. The van der Waals surface area contributed by atoms with Gasteiger partial charge in [-0.05, 0) is 64.6 Å². The Labute approximate surface area is 160 Å². The fourth-order valence-electron chi connectivity index (χ4n) is 1.98. The molecule has 0 saturated carbocycles. The van der Waals surface area contributed by atoms with E-state index in [-0.39, 0.29) is 13.1 Å². The molecule has 0 bridgehead atoms. The Balaban J connectivity index is 2.06. The second kappa shape index (κ2) is 8.28. The van der Waals surface area contributed by atoms with Crippen LogP contribution in [0.2, 0.25) is 5.02 Å². The molecule has 8 heteroatoms. The average molecular weight is 479 g/mol. The minimum atomic E-state index is -3.53. The van der Waals surface area contributed by atoms with Gasteiger partial charge in [0.05, 0.1) is 12.8 Å². The largest absolute Gasteiger partial charge is 0.325 e. The van der Waals surface area contributed by atoms with Crippen LogP contribution in [0.3, 0.4) is 0 Å². The molecule has 5 nitrogen and oxygen atoms in total. The Kier molecular flexibility index (Phi) is 6.62. The van der Waals surface area contributed by atoms with E-state index in [2.05, 4.69) is 27.9 Å². The molecule has 0 saturated heterocycles. The summed E-state index contributed by atoms with van der Waals surface area (Å²) in [5.41, 5.74) is 1.38. The van der Waals surface area contributed by atoms with Gasteiger partial charge in [0, 0.05) is 20.8 Å². The summed E-state index contributed by atoms with van der Waals surface area (Å²) in [6.45, 7) is -0.149. The first-order valence-corrected chi connectivity index (χ1v) is 10.3. The van der Waals surface area contributed by atoms with E-state index in [1.807, 2.05) is 12.1 Å². The smallest absolute Gasteiger partial charge is 0.239 e. The lowest BCUT2D eigenvalue weighted by Gasteiger charge is -2.19. The first-order valence-electron chi connectivity index (χ1n) is 6.99. The molecular formula is C16H16ClIN2O3S. The normalized spacial score (nSPS) is 11.5. The van der Waals surface area contributed by atoms with E-state index >= 15 is 0 Å². The maximum absolute atomic E-state index is 12.2. The van der Waals surface area contributed by atoms with Crippen LogP contribution < -0.4 is 5.32 Å². The Morgan fingerprint density at radius 1 is 1.12 bits per heavy atom. The van der Waals surface area contributed by atoms with Crippen LogP contribution in [0.25, 0.3) is 0 Å². The molecule has 0 unspecified atom stereocenters. The number of sulfonamides is 1. The molecule has 128 valence electrons. The van der Waals surface area contributed by atoms with E-state index in [1.54, 1.807) is 36.4 Å². The van der Waals surface area contributed by atoms with E-state index in [0.29, 0.717) is 10.7 Å². The van der Waals surface area contributed by atoms with Crippen LogP contribution in [-0.4, -0.2) is 31.4 Å². The van der Waals surface area contributed by atoms with Gasteiger partial charge in [0.15, 0.2) is 0 Å². The number of amides is 1. The quantitative estimate of drug-likeness (QED) is 0.648. The van der Waals surface area contributed by atoms with Crippen LogP contribution in [0, 0.1) is 3.57 Å². The zero-order valence-corrected chi connectivity index (χ0v) is 16.6. The molecule has 0 atom stereocenters. The number of nitrogens with one attached hydrogen (secondary N) is 1. The van der Waals surface area contributed by atoms with Gasteiger partial charge in [-0.2, -0.15) is 4.31 Å². The lowest BCUT2D eigenvalue weighted by molar-refractivity contribution is -0.116. The topological polar surface area (TPSA) is 66.5 Å². The standard InChI is InChI=1S/C16H16ClIN2O3S/c1-24(22,23)20(10-12-2-4-13(17)5-3-12)11-16(21)19-15-8-6-14(18)7-9-15/h2-9H,10-11H2,1H3,(H,19,21). The third-order valence-corrected chi connectivity index (χ3v) is 5.36. The van der Waals surface area contributed by atoms with E-state index < -0.39 is 15.9 Å². The average Bonchev–Trinajstić information content (AvgIpc) is 2.50. The monoisotopic (exact) mass is 478 g/mol. The highest BCUT2D eigenvalue weighted by Crippen LogP contribution is 2.14. The zero-order valence-electron chi connectivity index (χ0n) is 12.9. The van der Waals surface area contributed by atoms with Crippen molar-refractivity contribution < 1.29 is 13.2 Å². The fraction of sp³-hybridized carbons (Fsp3) is 0.188. The Morgan fingerprint density at radius 3 is 2.25 bits per heavy atom. The Morgan fingerprint density at radius 2 is 1.71 bits per heavy atom. The molecule has 0 aliphatic carbocycles. The number of carbonyl (C=O) groups excluding carboxylic acids is 1. The number of nitrogens with zero attached hydrogens (tertiary/aromatic N) is 1. The third-order valence-electron chi connectivity index (χ3n) is 3.19. The molecule has 2 rings (SSSR count). The number of hydrogen-bond acceptors (Lipinski definition) is 3. The van der Waals surface area contributed by atoms with Crippen molar-refractivity contribution in [3.05, 3.63) is 62.7 Å². The summed E-state index contributed by atoms with van der Waals surface area (Å²) >= 11 is 7.99. The highest BCUT2D eigenvalue weighted by Gasteiger charge is 2.20. The summed E-state index contributed by atoms with van der Waals surface area (Å²) < 4.78 is 26.1. The SMILES string of the molecule is CS(=O)(=O)N(CC(=O)Nc1ccc(I)cc1)Cc1ccc(Cl)cc1. The molecule has 0 aliphatic rings. The molecule has 0 spiro atoms. The van der Waals surface area contributed by atoms with Gasteiger partial charge in [-0.1, -0.05) is 23.7 Å². The molecule has 0 aliphatic heterocycles. The predicted molar refractivity (Wildman–Crippen MR) is 104 cm³/mol. The number of carbonyl (C=O) groups is 1. The number of hydrogen-bond donors (Lipinski definition) is 1. The Hall–Kier alpha value is -1.16. The van der Waals surface area contributed by atoms with Gasteiger partial charge in [-0.3, -0.25) is 4.79 Å². The number of benzene rings is 2. The molecule has 1 amide bonds. The predicted octanol–water partition coefficient (Wildman–Crippen LogP) is 3.34. The van der Waals surface area contributed by atoms with Crippen molar-refractivity contribution in [2.24, 2.45) is 0 Å². The van der Waals surface area contributed by atoms with Gasteiger partial charge in [0.1, 0.15) is 0 Å². The summed E-state index contributed by atoms with van der Waals surface area (Å²) in [4.78, 5) is 12.2. The maximum atomic E-state index is 12.2. The van der Waals surface area contributed by atoms with Crippen LogP contribution in [0.5, 0.6) is 0 Å². The van der Waals surface area contributed by atoms with Crippen molar-refractivity contribution in [2.75, 3.05) is 18.1 Å². The number of halogens is 2. The lowest BCUT2D eigenvalue weighted by Crippen LogP contribution is -2.36. The van der Waals surface area contributed by atoms with Crippen LogP contribution >= 0.6 is 34.2 Å². The minimum absolute atomic E-state index is 0.107. The van der Waals surface area contributed by atoms with Gasteiger partial charge in [0.2, 0.25) is 15.9 Å². The van der Waals surface area contributed by atoms with Gasteiger partial charge in [-0.15, -0.1) is 0 Å². The second-order valence-electron chi connectivity index (χ2n) is 5.21. The van der Waals surface area contributed by atoms with Crippen LogP contribution in [-0.2, 0) is 21.4 Å². The molecule has 0 fully saturated rings. The zero-order chi connectivity index (χ0) is 17.7. The fourth-order valence-corrected chi connectivity index (χ4v) is 3.20. The van der Waals surface area contributed by atoms with Gasteiger partial charge in [0.25, 0.3) is 0 Å². The summed E-state index contributed by atoms with van der Waals surface area (Å²) in [5.74, 6) is -0.393. The third kappa shape index (κ3) is 6.04. The van der Waals surface area contributed by atoms with E-state index in [9.17, 15) is 13.2 Å². The van der Waals surface area contributed by atoms with Crippen LogP contribution in [0.4, 0.5) is 5.69 Å². The molecule has 0 radical (unpaired) electrons. The lowest BCUT2D eigenvalue weighted by atomic mass is 10.2. The summed E-state index contributed by atoms with van der Waals surface area (Å²) in [7, 11) is -3.53. The summed E-state index contributed by atoms with van der Waals surface area (Å²) in [6.07, 6.45) is 1.08. The molecular weight excluding hydrogens is 463 g/mol. The van der Waals surface area contributed by atoms with Crippen molar-refractivity contribution in [3.63, 3.8) is 0 Å². The van der Waals surface area contributed by atoms with E-state index in [0.717, 1.165) is 19.7 Å². The first kappa shape index (κ1) is 19.2. The van der Waals surface area contributed by atoms with Gasteiger partial charge >= 0.3 is 0 Å². The van der Waals surface area contributed by atoms with Crippen molar-refractivity contribution in [1.82, 2.24) is 4.31 Å². The van der Waals surface area contributed by atoms with E-state index in [4.69, 9.17) is 11.6 Å². The second-order valence-corrected chi connectivity index (χ2v) is 8.88. The van der Waals surface area contributed by atoms with Gasteiger partial charge < -0.3 is 5.32 Å².